The summed E-state index contributed by atoms with van der Waals surface area (Å²) < 4.78 is 17.5. The molecule has 0 aliphatic carbocycles. The van der Waals surface area contributed by atoms with E-state index in [1.807, 2.05) is 0 Å². The van der Waals surface area contributed by atoms with Crippen LogP contribution in [0.15, 0.2) is 72.8 Å². The second kappa shape index (κ2) is 5.09. The van der Waals surface area contributed by atoms with Crippen molar-refractivity contribution in [2.24, 2.45) is 0 Å². The van der Waals surface area contributed by atoms with E-state index in [2.05, 4.69) is 88.9 Å². The highest BCUT2D eigenvalue weighted by Crippen LogP contribution is 2.49. The molecule has 0 radical (unpaired) electrons. The number of para-hydroxylation sites is 2. The summed E-state index contributed by atoms with van der Waals surface area (Å²) in [6.45, 7) is 2.15. The van der Waals surface area contributed by atoms with Crippen molar-refractivity contribution in [3.05, 3.63) is 72.8 Å². The topological polar surface area (TPSA) is 28.3 Å². The average Bonchev–Trinajstić information content (AvgIpc) is 3.24. The molecular formula is C25H20N2O2. The molecule has 3 aromatic carbocycles. The summed E-state index contributed by atoms with van der Waals surface area (Å²) in [6.07, 6.45) is 3.93. The Balaban J connectivity index is 1.84. The minimum Gasteiger partial charge on any atom is -0.372 e. The first-order chi connectivity index (χ1) is 14.2. The Labute approximate surface area is 167 Å². The van der Waals surface area contributed by atoms with Crippen LogP contribution in [0, 0.1) is 0 Å². The van der Waals surface area contributed by atoms with Crippen LogP contribution in [0.5, 0.6) is 0 Å². The van der Waals surface area contributed by atoms with Crippen LogP contribution in [0.4, 0.5) is 0 Å². The minimum absolute atomic E-state index is 0.177. The lowest BCUT2D eigenvalue weighted by molar-refractivity contribution is -0.199. The standard InChI is InChI=1S/C25H20N2O2/c1-25-21(28-2)13-14-22(29-25)26-19-9-5-3-7-15(19)17-11-12-18-16-8-4-6-10-20(16)27(25)24(18)23(17)26/h3-14,21-22H,1-2H3/t21-,22-,25+/m1/s1. The van der Waals surface area contributed by atoms with Gasteiger partial charge in [0.1, 0.15) is 6.10 Å². The van der Waals surface area contributed by atoms with Crippen LogP contribution in [0.25, 0.3) is 43.6 Å². The third-order valence-electron chi connectivity index (χ3n) is 6.79. The maximum atomic E-state index is 6.85. The fourth-order valence-electron chi connectivity index (χ4n) is 5.60. The first-order valence-electron chi connectivity index (χ1n) is 10.1. The van der Waals surface area contributed by atoms with E-state index in [0.717, 1.165) is 0 Å². The molecule has 0 amide bonds. The molecule has 0 unspecified atom stereocenters. The Bertz CT molecular complexity index is 1510. The molecule has 4 heterocycles. The molecule has 4 nitrogen and oxygen atoms in total. The number of methoxy groups -OCH3 is 1. The zero-order valence-electron chi connectivity index (χ0n) is 16.3. The number of benzene rings is 3. The van der Waals surface area contributed by atoms with E-state index in [1.165, 1.54) is 43.6 Å². The SMILES string of the molecule is CO[C@@H]1C=C[C@H]2O[C@]1(C)n1c3ccccc3c3ccc4c5ccccc5n2c4c31. The van der Waals surface area contributed by atoms with Crippen LogP contribution in [0.2, 0.25) is 0 Å². The molecule has 5 aromatic rings. The van der Waals surface area contributed by atoms with Gasteiger partial charge in [0, 0.05) is 28.7 Å². The minimum atomic E-state index is -0.649. The van der Waals surface area contributed by atoms with Crippen molar-refractivity contribution in [1.29, 1.82) is 0 Å². The third-order valence-corrected chi connectivity index (χ3v) is 6.79. The van der Waals surface area contributed by atoms with Crippen LogP contribution >= 0.6 is 0 Å². The lowest BCUT2D eigenvalue weighted by Crippen LogP contribution is -2.47. The summed E-state index contributed by atoms with van der Waals surface area (Å²) in [6, 6.07) is 21.7. The molecule has 0 spiro atoms. The summed E-state index contributed by atoms with van der Waals surface area (Å²) in [4.78, 5) is 0. The lowest BCUT2D eigenvalue weighted by Gasteiger charge is -2.41. The Hall–Kier alpha value is -3.08. The highest BCUT2D eigenvalue weighted by molar-refractivity contribution is 6.22. The molecule has 0 fully saturated rings. The molecule has 0 saturated carbocycles. The maximum Gasteiger partial charge on any atom is 0.175 e. The van der Waals surface area contributed by atoms with E-state index in [1.54, 1.807) is 7.11 Å². The molecule has 7 rings (SSSR count). The first kappa shape index (κ1) is 15.8. The lowest BCUT2D eigenvalue weighted by atomic mass is 10.0. The van der Waals surface area contributed by atoms with Gasteiger partial charge in [0.25, 0.3) is 0 Å². The predicted molar refractivity (Wildman–Crippen MR) is 116 cm³/mol. The van der Waals surface area contributed by atoms with Crippen LogP contribution in [-0.4, -0.2) is 22.3 Å². The molecule has 2 aromatic heterocycles. The molecule has 29 heavy (non-hydrogen) atoms. The summed E-state index contributed by atoms with van der Waals surface area (Å²) in [5.74, 6) is 0. The van der Waals surface area contributed by atoms with Crippen molar-refractivity contribution in [2.45, 2.75) is 25.0 Å². The van der Waals surface area contributed by atoms with Crippen molar-refractivity contribution in [2.75, 3.05) is 7.11 Å². The van der Waals surface area contributed by atoms with E-state index in [-0.39, 0.29) is 12.3 Å². The summed E-state index contributed by atoms with van der Waals surface area (Å²) in [7, 11) is 1.76. The smallest absolute Gasteiger partial charge is 0.175 e. The van der Waals surface area contributed by atoms with Crippen molar-refractivity contribution < 1.29 is 9.47 Å². The van der Waals surface area contributed by atoms with Crippen molar-refractivity contribution >= 4 is 43.6 Å². The second-order valence-electron chi connectivity index (χ2n) is 8.20. The molecule has 2 aliphatic rings. The van der Waals surface area contributed by atoms with Gasteiger partial charge >= 0.3 is 0 Å². The van der Waals surface area contributed by atoms with Gasteiger partial charge in [-0.3, -0.25) is 0 Å². The molecule has 142 valence electrons. The van der Waals surface area contributed by atoms with Crippen LogP contribution in [0.1, 0.15) is 13.2 Å². The molecule has 2 bridgehead atoms. The molecule has 4 heteroatoms. The van der Waals surface area contributed by atoms with E-state index in [0.29, 0.717) is 0 Å². The largest absolute Gasteiger partial charge is 0.372 e. The molecule has 0 saturated heterocycles. The van der Waals surface area contributed by atoms with Crippen molar-refractivity contribution in [3.8, 4) is 0 Å². The quantitative estimate of drug-likeness (QED) is 0.350. The van der Waals surface area contributed by atoms with Gasteiger partial charge in [-0.15, -0.1) is 0 Å². The van der Waals surface area contributed by atoms with Gasteiger partial charge < -0.3 is 18.6 Å². The highest BCUT2D eigenvalue weighted by atomic mass is 16.6. The van der Waals surface area contributed by atoms with E-state index in [4.69, 9.17) is 9.47 Å². The Morgan fingerprint density at radius 3 is 2.21 bits per heavy atom. The molecule has 3 atom stereocenters. The van der Waals surface area contributed by atoms with Gasteiger partial charge in [0.15, 0.2) is 12.0 Å². The first-order valence-corrected chi connectivity index (χ1v) is 10.1. The molecular weight excluding hydrogens is 360 g/mol. The average molecular weight is 380 g/mol. The number of nitrogens with zero attached hydrogens (tertiary/aromatic N) is 2. The van der Waals surface area contributed by atoms with E-state index >= 15 is 0 Å². The van der Waals surface area contributed by atoms with Gasteiger partial charge in [-0.2, -0.15) is 0 Å². The Morgan fingerprint density at radius 2 is 1.45 bits per heavy atom. The summed E-state index contributed by atoms with van der Waals surface area (Å²) in [5, 5.41) is 5.02. The second-order valence-corrected chi connectivity index (χ2v) is 8.20. The fraction of sp³-hybridized carbons (Fsp3) is 0.200. The van der Waals surface area contributed by atoms with Crippen LogP contribution in [0.3, 0.4) is 0 Å². The number of hydrogen-bond donors (Lipinski definition) is 0. The molecule has 0 N–H and O–H groups in total. The highest BCUT2D eigenvalue weighted by Gasteiger charge is 2.46. The van der Waals surface area contributed by atoms with Gasteiger partial charge in [0.05, 0.1) is 22.1 Å². The van der Waals surface area contributed by atoms with Gasteiger partial charge in [-0.1, -0.05) is 54.6 Å². The van der Waals surface area contributed by atoms with Gasteiger partial charge in [0.2, 0.25) is 0 Å². The van der Waals surface area contributed by atoms with Crippen molar-refractivity contribution in [1.82, 2.24) is 9.13 Å². The van der Waals surface area contributed by atoms with Gasteiger partial charge in [-0.05, 0) is 25.1 Å². The maximum absolute atomic E-state index is 6.85. The molecule has 2 aliphatic heterocycles. The number of hydrogen-bond acceptors (Lipinski definition) is 2. The zero-order valence-corrected chi connectivity index (χ0v) is 16.3. The normalized spacial score (nSPS) is 25.6. The zero-order chi connectivity index (χ0) is 19.3. The summed E-state index contributed by atoms with van der Waals surface area (Å²) in [5.41, 5.74) is 4.17. The number of rotatable bonds is 1. The van der Waals surface area contributed by atoms with Crippen molar-refractivity contribution in [3.63, 3.8) is 0 Å². The monoisotopic (exact) mass is 380 g/mol. The van der Waals surface area contributed by atoms with E-state index in [9.17, 15) is 0 Å². The van der Waals surface area contributed by atoms with Crippen LogP contribution in [-0.2, 0) is 15.2 Å². The predicted octanol–water partition coefficient (Wildman–Crippen LogP) is 5.69. The van der Waals surface area contributed by atoms with E-state index < -0.39 is 5.72 Å². The Kier molecular flexibility index (Phi) is 2.77. The summed E-state index contributed by atoms with van der Waals surface area (Å²) >= 11 is 0. The van der Waals surface area contributed by atoms with Gasteiger partial charge in [-0.25, -0.2) is 0 Å². The third kappa shape index (κ3) is 1.69. The number of aromatic nitrogens is 2. The fourth-order valence-corrected chi connectivity index (χ4v) is 5.60. The number of ether oxygens (including phenoxy) is 2. The van der Waals surface area contributed by atoms with Crippen LogP contribution < -0.4 is 0 Å². The Morgan fingerprint density at radius 1 is 0.793 bits per heavy atom. The number of fused-ring (bicyclic) bond motifs is 10.